The van der Waals surface area contributed by atoms with E-state index in [1.165, 1.54) is 18.7 Å². The minimum Gasteiger partial charge on any atom is -0.315 e. The number of carbonyl (C=O) groups is 2. The van der Waals surface area contributed by atoms with Crippen LogP contribution in [0.1, 0.15) is 18.1 Å². The van der Waals surface area contributed by atoms with Gasteiger partial charge in [0.1, 0.15) is 0 Å². The lowest BCUT2D eigenvalue weighted by Crippen LogP contribution is -2.49. The van der Waals surface area contributed by atoms with Gasteiger partial charge < -0.3 is 9.80 Å². The molecule has 0 unspecified atom stereocenters. The van der Waals surface area contributed by atoms with E-state index in [4.69, 9.17) is 23.2 Å². The number of nitrogens with zero attached hydrogens (tertiary/aromatic N) is 2. The molecule has 1 fully saturated rings. The molecule has 0 bridgehead atoms. The number of rotatable bonds is 2. The molecule has 2 aliphatic heterocycles. The monoisotopic (exact) mass is 406 g/mol. The topological polar surface area (TPSA) is 40.6 Å². The van der Waals surface area contributed by atoms with E-state index in [1.54, 1.807) is 21.9 Å². The maximum absolute atomic E-state index is 13.6. The van der Waals surface area contributed by atoms with E-state index < -0.39 is 4.87 Å². The summed E-state index contributed by atoms with van der Waals surface area (Å²) in [7, 11) is 0. The summed E-state index contributed by atoms with van der Waals surface area (Å²) < 4.78 is 0. The molecule has 2 heterocycles. The first-order valence-corrected chi connectivity index (χ1v) is 9.97. The summed E-state index contributed by atoms with van der Waals surface area (Å²) in [5.74, 6) is 0.471. The first kappa shape index (κ1) is 17.7. The zero-order valence-corrected chi connectivity index (χ0v) is 16.4. The molecular formula is C19H16Cl2N2O2S. The van der Waals surface area contributed by atoms with Gasteiger partial charge in [-0.15, -0.1) is 11.8 Å². The van der Waals surface area contributed by atoms with Crippen LogP contribution in [0.3, 0.4) is 0 Å². The molecule has 0 aromatic heterocycles. The Hall–Kier alpha value is -1.69. The van der Waals surface area contributed by atoms with Crippen molar-refractivity contribution >= 4 is 52.5 Å². The quantitative estimate of drug-likeness (QED) is 0.746. The van der Waals surface area contributed by atoms with Crippen LogP contribution in [0.4, 0.5) is 5.69 Å². The van der Waals surface area contributed by atoms with Crippen molar-refractivity contribution in [2.24, 2.45) is 0 Å². The molecule has 0 radical (unpaired) electrons. The molecule has 2 aromatic carbocycles. The van der Waals surface area contributed by atoms with E-state index in [9.17, 15) is 9.59 Å². The smallest absolute Gasteiger partial charge is 0.268 e. The molecule has 26 heavy (non-hydrogen) atoms. The normalized spacial score (nSPS) is 21.6. The van der Waals surface area contributed by atoms with Crippen molar-refractivity contribution < 1.29 is 9.59 Å². The van der Waals surface area contributed by atoms with Gasteiger partial charge in [0, 0.05) is 34.8 Å². The van der Waals surface area contributed by atoms with Crippen molar-refractivity contribution in [2.75, 3.05) is 17.2 Å². The van der Waals surface area contributed by atoms with Crippen LogP contribution in [0.25, 0.3) is 0 Å². The number of anilines is 1. The number of hydrogen-bond acceptors (Lipinski definition) is 3. The molecule has 2 aromatic rings. The van der Waals surface area contributed by atoms with E-state index in [0.29, 0.717) is 28.9 Å². The number of halogens is 2. The molecule has 1 saturated heterocycles. The number of amides is 2. The summed E-state index contributed by atoms with van der Waals surface area (Å²) in [5.41, 5.74) is 2.41. The number of thioether (sulfide) groups is 1. The van der Waals surface area contributed by atoms with Crippen LogP contribution < -0.4 is 4.90 Å². The van der Waals surface area contributed by atoms with Gasteiger partial charge in [-0.25, -0.2) is 0 Å². The van der Waals surface area contributed by atoms with Gasteiger partial charge in [0.25, 0.3) is 5.91 Å². The highest BCUT2D eigenvalue weighted by molar-refractivity contribution is 8.01. The number of benzene rings is 2. The highest BCUT2D eigenvalue weighted by Gasteiger charge is 2.58. The van der Waals surface area contributed by atoms with Crippen molar-refractivity contribution in [3.63, 3.8) is 0 Å². The molecule has 1 atom stereocenters. The standard InChI is InChI=1S/C19H16Cl2N2O2S/c1-12(24)23-8-9-26-19(23)15-10-14(20)6-7-17(15)22(18(19)25)11-13-4-2-3-5-16(13)21/h2-7,10H,8-9,11H2,1H3/t19-/m0/s1. The van der Waals surface area contributed by atoms with Gasteiger partial charge in [0.2, 0.25) is 5.91 Å². The second-order valence-electron chi connectivity index (χ2n) is 6.31. The predicted octanol–water partition coefficient (Wildman–Crippen LogP) is 4.29. The van der Waals surface area contributed by atoms with Crippen molar-refractivity contribution in [1.29, 1.82) is 0 Å². The van der Waals surface area contributed by atoms with Crippen LogP contribution in [0, 0.1) is 0 Å². The lowest BCUT2D eigenvalue weighted by Gasteiger charge is -2.32. The Labute approximate surface area is 166 Å². The van der Waals surface area contributed by atoms with Crippen molar-refractivity contribution in [3.8, 4) is 0 Å². The summed E-state index contributed by atoms with van der Waals surface area (Å²) in [5, 5.41) is 1.16. The van der Waals surface area contributed by atoms with E-state index in [-0.39, 0.29) is 11.8 Å². The summed E-state index contributed by atoms with van der Waals surface area (Å²) in [4.78, 5) is 28.1. The van der Waals surface area contributed by atoms with Crippen LogP contribution in [0.2, 0.25) is 10.0 Å². The average molecular weight is 407 g/mol. The van der Waals surface area contributed by atoms with Crippen LogP contribution in [-0.4, -0.2) is 29.0 Å². The van der Waals surface area contributed by atoms with Crippen LogP contribution in [0.5, 0.6) is 0 Å². The molecule has 0 aliphatic carbocycles. The van der Waals surface area contributed by atoms with Crippen LogP contribution in [0.15, 0.2) is 42.5 Å². The highest BCUT2D eigenvalue weighted by atomic mass is 35.5. The van der Waals surface area contributed by atoms with Gasteiger partial charge >= 0.3 is 0 Å². The average Bonchev–Trinajstić information content (AvgIpc) is 3.15. The molecule has 4 nitrogen and oxygen atoms in total. The Morgan fingerprint density at radius 3 is 2.73 bits per heavy atom. The third-order valence-corrected chi connectivity index (χ3v) is 6.85. The maximum Gasteiger partial charge on any atom is 0.268 e. The molecule has 134 valence electrons. The van der Waals surface area contributed by atoms with Gasteiger partial charge in [0.15, 0.2) is 4.87 Å². The van der Waals surface area contributed by atoms with Crippen LogP contribution >= 0.6 is 35.0 Å². The number of fused-ring (bicyclic) bond motifs is 2. The van der Waals surface area contributed by atoms with Crippen LogP contribution in [-0.2, 0) is 21.0 Å². The first-order chi connectivity index (χ1) is 12.4. The summed E-state index contributed by atoms with van der Waals surface area (Å²) in [6, 6.07) is 12.9. The first-order valence-electron chi connectivity index (χ1n) is 8.22. The summed E-state index contributed by atoms with van der Waals surface area (Å²) >= 11 is 14.0. The maximum atomic E-state index is 13.6. The van der Waals surface area contributed by atoms with Gasteiger partial charge in [-0.05, 0) is 29.8 Å². The van der Waals surface area contributed by atoms with Gasteiger partial charge in [-0.3, -0.25) is 9.59 Å². The zero-order chi connectivity index (χ0) is 18.5. The van der Waals surface area contributed by atoms with Gasteiger partial charge in [0.05, 0.1) is 12.2 Å². The highest BCUT2D eigenvalue weighted by Crippen LogP contribution is 2.55. The Morgan fingerprint density at radius 2 is 2.00 bits per heavy atom. The zero-order valence-electron chi connectivity index (χ0n) is 14.0. The third kappa shape index (κ3) is 2.53. The SMILES string of the molecule is CC(=O)N1CCS[C@@]12C(=O)N(Cc1ccccc1Cl)c1ccc(Cl)cc12. The van der Waals surface area contributed by atoms with Crippen molar-refractivity contribution in [3.05, 3.63) is 63.6 Å². The lowest BCUT2D eigenvalue weighted by atomic mass is 10.1. The Morgan fingerprint density at radius 1 is 1.23 bits per heavy atom. The number of hydrogen-bond donors (Lipinski definition) is 0. The van der Waals surface area contributed by atoms with E-state index >= 15 is 0 Å². The van der Waals surface area contributed by atoms with Gasteiger partial charge in [-0.2, -0.15) is 0 Å². The van der Waals surface area contributed by atoms with E-state index in [2.05, 4.69) is 0 Å². The summed E-state index contributed by atoms with van der Waals surface area (Å²) in [6.45, 7) is 2.39. The molecule has 1 spiro atoms. The van der Waals surface area contributed by atoms with E-state index in [0.717, 1.165) is 16.8 Å². The van der Waals surface area contributed by atoms with Gasteiger partial charge in [-0.1, -0.05) is 41.4 Å². The van der Waals surface area contributed by atoms with Crippen molar-refractivity contribution in [1.82, 2.24) is 4.90 Å². The Kier molecular flexibility index (Phi) is 4.41. The second kappa shape index (κ2) is 6.48. The fraction of sp³-hybridized carbons (Fsp3) is 0.263. The minimum atomic E-state index is -1.03. The fourth-order valence-corrected chi connectivity index (χ4v) is 5.54. The Balaban J connectivity index is 1.85. The minimum absolute atomic E-state index is 0.117. The largest absolute Gasteiger partial charge is 0.315 e. The molecule has 2 aliphatic rings. The lowest BCUT2D eigenvalue weighted by molar-refractivity contribution is -0.138. The summed E-state index contributed by atoms with van der Waals surface area (Å²) in [6.07, 6.45) is 0. The molecule has 4 rings (SSSR count). The second-order valence-corrected chi connectivity index (χ2v) is 8.44. The fourth-order valence-electron chi connectivity index (χ4n) is 3.68. The third-order valence-electron chi connectivity index (χ3n) is 4.82. The molecule has 7 heteroatoms. The van der Waals surface area contributed by atoms with Crippen molar-refractivity contribution in [2.45, 2.75) is 18.3 Å². The molecule has 0 saturated carbocycles. The van der Waals surface area contributed by atoms with E-state index in [1.807, 2.05) is 30.3 Å². The molecule has 2 amide bonds. The molecule has 0 N–H and O–H groups in total. The molecular weight excluding hydrogens is 391 g/mol. The Bertz CT molecular complexity index is 920. The predicted molar refractivity (Wildman–Crippen MR) is 106 cm³/mol. The number of carbonyl (C=O) groups excluding carboxylic acids is 2.